The molecule has 1 aromatic carbocycles. The summed E-state index contributed by atoms with van der Waals surface area (Å²) < 4.78 is 26.0. The van der Waals surface area contributed by atoms with E-state index in [2.05, 4.69) is 9.62 Å². The predicted molar refractivity (Wildman–Crippen MR) is 93.2 cm³/mol. The number of hydrogen-bond donors (Lipinski definition) is 3. The van der Waals surface area contributed by atoms with Crippen molar-refractivity contribution in [2.24, 2.45) is 0 Å². The fourth-order valence-electron chi connectivity index (χ4n) is 2.69. The van der Waals surface area contributed by atoms with Gasteiger partial charge in [-0.05, 0) is 37.5 Å². The molecule has 0 aliphatic carbocycles. The van der Waals surface area contributed by atoms with E-state index in [-0.39, 0.29) is 11.8 Å². The minimum absolute atomic E-state index is 0.0333. The van der Waals surface area contributed by atoms with Crippen molar-refractivity contribution in [3.05, 3.63) is 35.9 Å². The van der Waals surface area contributed by atoms with E-state index < -0.39 is 15.9 Å². The molecule has 1 aliphatic rings. The number of carbonyl (C=O) groups is 1. The van der Waals surface area contributed by atoms with E-state index in [0.29, 0.717) is 0 Å². The summed E-state index contributed by atoms with van der Waals surface area (Å²) >= 11 is 0. The maximum absolute atomic E-state index is 11.7. The van der Waals surface area contributed by atoms with Crippen molar-refractivity contribution in [3.63, 3.8) is 0 Å². The molecule has 1 amide bonds. The van der Waals surface area contributed by atoms with Gasteiger partial charge in [-0.1, -0.05) is 18.2 Å². The lowest BCUT2D eigenvalue weighted by Crippen LogP contribution is -2.45. The number of hydroxylamine groups is 1. The number of para-hydroxylation sites is 1. The normalized spacial score (nSPS) is 16.5. The molecular formula is C16H23N3O4S. The van der Waals surface area contributed by atoms with E-state index in [1.165, 1.54) is 6.08 Å². The van der Waals surface area contributed by atoms with Crippen molar-refractivity contribution in [3.8, 4) is 0 Å². The average Bonchev–Trinajstić information content (AvgIpc) is 2.60. The molecule has 0 saturated carbocycles. The molecule has 0 unspecified atom stereocenters. The molecule has 132 valence electrons. The van der Waals surface area contributed by atoms with Crippen LogP contribution >= 0.6 is 0 Å². The molecule has 0 atom stereocenters. The number of nitrogens with one attached hydrogen (secondary N) is 2. The van der Waals surface area contributed by atoms with Gasteiger partial charge in [0, 0.05) is 30.9 Å². The summed E-state index contributed by atoms with van der Waals surface area (Å²) in [5.74, 6) is -0.495. The zero-order chi connectivity index (χ0) is 17.6. The van der Waals surface area contributed by atoms with Gasteiger partial charge in [-0.2, -0.15) is 0 Å². The number of carbonyl (C=O) groups excluding carboxylic acids is 1. The Labute approximate surface area is 142 Å². The zero-order valence-corrected chi connectivity index (χ0v) is 14.4. The molecule has 0 radical (unpaired) electrons. The Morgan fingerprint density at radius 3 is 2.62 bits per heavy atom. The maximum Gasteiger partial charge on any atom is 0.267 e. The molecule has 7 nitrogen and oxygen atoms in total. The fraction of sp³-hybridized carbons (Fsp3) is 0.438. The van der Waals surface area contributed by atoms with Crippen LogP contribution in [0, 0.1) is 0 Å². The molecule has 1 fully saturated rings. The topological polar surface area (TPSA) is 98.7 Å². The van der Waals surface area contributed by atoms with E-state index in [9.17, 15) is 13.2 Å². The smallest absolute Gasteiger partial charge is 0.267 e. The van der Waals surface area contributed by atoms with Crippen LogP contribution in [-0.4, -0.2) is 44.4 Å². The molecule has 2 rings (SSSR count). The Hall–Kier alpha value is -1.90. The van der Waals surface area contributed by atoms with Crippen molar-refractivity contribution in [1.29, 1.82) is 0 Å². The minimum Gasteiger partial charge on any atom is -0.371 e. The van der Waals surface area contributed by atoms with Crippen LogP contribution in [0.2, 0.25) is 0 Å². The number of anilines is 1. The van der Waals surface area contributed by atoms with Crippen molar-refractivity contribution in [2.75, 3.05) is 23.7 Å². The third-order valence-corrected chi connectivity index (χ3v) is 5.48. The van der Waals surface area contributed by atoms with Gasteiger partial charge in [-0.25, -0.2) is 18.6 Å². The highest BCUT2D eigenvalue weighted by Crippen LogP contribution is 2.25. The van der Waals surface area contributed by atoms with E-state index in [1.54, 1.807) is 18.5 Å². The predicted octanol–water partition coefficient (Wildman–Crippen LogP) is 1.11. The highest BCUT2D eigenvalue weighted by molar-refractivity contribution is 7.89. The molecule has 0 bridgehead atoms. The van der Waals surface area contributed by atoms with E-state index >= 15 is 0 Å². The highest BCUT2D eigenvalue weighted by Gasteiger charge is 2.23. The van der Waals surface area contributed by atoms with Crippen molar-refractivity contribution in [1.82, 2.24) is 10.2 Å². The summed E-state index contributed by atoms with van der Waals surface area (Å²) in [6.07, 6.45) is 4.37. The van der Waals surface area contributed by atoms with Crippen LogP contribution in [0.4, 0.5) is 5.69 Å². The lowest BCUT2D eigenvalue weighted by molar-refractivity contribution is -0.124. The second-order valence-corrected chi connectivity index (χ2v) is 7.69. The van der Waals surface area contributed by atoms with Crippen LogP contribution in [0.5, 0.6) is 0 Å². The third-order valence-electron chi connectivity index (χ3n) is 4.02. The minimum atomic E-state index is -3.18. The Morgan fingerprint density at radius 1 is 1.33 bits per heavy atom. The first-order chi connectivity index (χ1) is 11.4. The van der Waals surface area contributed by atoms with E-state index in [1.807, 2.05) is 24.3 Å². The fourth-order valence-corrected chi connectivity index (χ4v) is 3.60. The molecule has 0 spiro atoms. The van der Waals surface area contributed by atoms with Gasteiger partial charge in [0.2, 0.25) is 10.0 Å². The number of benzene rings is 1. The van der Waals surface area contributed by atoms with Crippen LogP contribution in [-0.2, 0) is 14.8 Å². The summed E-state index contributed by atoms with van der Waals surface area (Å²) in [5.41, 5.74) is 3.41. The van der Waals surface area contributed by atoms with Crippen LogP contribution in [0.15, 0.2) is 30.3 Å². The zero-order valence-electron chi connectivity index (χ0n) is 13.6. The second-order valence-electron chi connectivity index (χ2n) is 5.65. The summed E-state index contributed by atoms with van der Waals surface area (Å²) in [4.78, 5) is 13.3. The first-order valence-corrected chi connectivity index (χ1v) is 9.56. The van der Waals surface area contributed by atoms with Crippen LogP contribution < -0.4 is 15.1 Å². The van der Waals surface area contributed by atoms with Gasteiger partial charge >= 0.3 is 0 Å². The first-order valence-electron chi connectivity index (χ1n) is 7.91. The third kappa shape index (κ3) is 5.05. The molecule has 1 aromatic rings. The van der Waals surface area contributed by atoms with Gasteiger partial charge in [0.15, 0.2) is 0 Å². The molecule has 3 N–H and O–H groups in total. The van der Waals surface area contributed by atoms with Gasteiger partial charge in [0.25, 0.3) is 5.91 Å². The van der Waals surface area contributed by atoms with Gasteiger partial charge in [-0.3, -0.25) is 10.0 Å². The van der Waals surface area contributed by atoms with E-state index in [4.69, 9.17) is 5.21 Å². The summed E-state index contributed by atoms with van der Waals surface area (Å²) in [7, 11) is -3.18. The van der Waals surface area contributed by atoms with Crippen molar-refractivity contribution >= 4 is 27.7 Å². The summed E-state index contributed by atoms with van der Waals surface area (Å²) in [6, 6.07) is 7.62. The molecule has 8 heteroatoms. The molecule has 1 saturated heterocycles. The molecule has 0 aromatic heterocycles. The lowest BCUT2D eigenvalue weighted by Gasteiger charge is -2.34. The number of sulfonamides is 1. The molecule has 1 aliphatic heterocycles. The summed E-state index contributed by atoms with van der Waals surface area (Å²) in [6.45, 7) is 3.09. The van der Waals surface area contributed by atoms with Gasteiger partial charge in [0.05, 0.1) is 5.75 Å². The second kappa shape index (κ2) is 8.27. The number of nitrogens with zero attached hydrogens (tertiary/aromatic N) is 1. The highest BCUT2D eigenvalue weighted by atomic mass is 32.2. The van der Waals surface area contributed by atoms with Crippen LogP contribution in [0.3, 0.4) is 0 Å². The Kier molecular flexibility index (Phi) is 6.36. The first kappa shape index (κ1) is 18.4. The van der Waals surface area contributed by atoms with Crippen LogP contribution in [0.1, 0.15) is 25.3 Å². The standard InChI is InChI=1S/C16H23N3O4S/c1-2-24(22,23)18-14-9-11-19(12-10-14)15-6-4-3-5-13(15)7-8-16(20)17-21/h3-8,14,18,21H,2,9-12H2,1H3,(H,17,20). The quantitative estimate of drug-likeness (QED) is 0.404. The number of piperidine rings is 1. The van der Waals surface area contributed by atoms with E-state index in [0.717, 1.165) is 37.2 Å². The monoisotopic (exact) mass is 353 g/mol. The lowest BCUT2D eigenvalue weighted by atomic mass is 10.0. The van der Waals surface area contributed by atoms with Gasteiger partial charge in [-0.15, -0.1) is 0 Å². The van der Waals surface area contributed by atoms with Crippen molar-refractivity contribution < 1.29 is 18.4 Å². The molecule has 1 heterocycles. The Morgan fingerprint density at radius 2 is 2.00 bits per heavy atom. The van der Waals surface area contributed by atoms with Gasteiger partial charge < -0.3 is 4.90 Å². The number of rotatable bonds is 6. The number of amides is 1. The number of hydrogen-bond acceptors (Lipinski definition) is 5. The van der Waals surface area contributed by atoms with Crippen molar-refractivity contribution in [2.45, 2.75) is 25.8 Å². The van der Waals surface area contributed by atoms with Crippen LogP contribution in [0.25, 0.3) is 6.08 Å². The Bertz CT molecular complexity index is 695. The average molecular weight is 353 g/mol. The SMILES string of the molecule is CCS(=O)(=O)NC1CCN(c2ccccc2C=CC(=O)NO)CC1. The maximum atomic E-state index is 11.7. The Balaban J connectivity index is 2.04. The molecular weight excluding hydrogens is 330 g/mol. The van der Waals surface area contributed by atoms with Gasteiger partial charge in [0.1, 0.15) is 0 Å². The molecule has 24 heavy (non-hydrogen) atoms. The largest absolute Gasteiger partial charge is 0.371 e. The summed E-state index contributed by atoms with van der Waals surface area (Å²) in [5, 5.41) is 8.56.